The van der Waals surface area contributed by atoms with Gasteiger partial charge in [0.2, 0.25) is 0 Å². The predicted molar refractivity (Wildman–Crippen MR) is 92.9 cm³/mol. The van der Waals surface area contributed by atoms with Crippen LogP contribution in [0.25, 0.3) is 11.3 Å². The summed E-state index contributed by atoms with van der Waals surface area (Å²) in [5.41, 5.74) is 3.65. The van der Waals surface area contributed by atoms with Crippen molar-refractivity contribution in [2.75, 3.05) is 4.72 Å². The van der Waals surface area contributed by atoms with Gasteiger partial charge in [0.05, 0.1) is 4.90 Å². The molecular formula is C18H18N2O2S. The lowest BCUT2D eigenvalue weighted by Gasteiger charge is -2.09. The third-order valence-corrected chi connectivity index (χ3v) is 5.09. The Morgan fingerprint density at radius 2 is 1.65 bits per heavy atom. The molecular weight excluding hydrogens is 308 g/mol. The SMILES string of the molecule is CCc1ccc(S(=O)(=O)Nc2ccc(-c3ccc[nH]3)cc2)cc1. The van der Waals surface area contributed by atoms with Crippen molar-refractivity contribution in [3.8, 4) is 11.3 Å². The maximum absolute atomic E-state index is 12.4. The van der Waals surface area contributed by atoms with Crippen LogP contribution in [0.4, 0.5) is 5.69 Å². The summed E-state index contributed by atoms with van der Waals surface area (Å²) < 4.78 is 27.4. The van der Waals surface area contributed by atoms with Crippen LogP contribution in [0.3, 0.4) is 0 Å². The molecule has 0 spiro atoms. The van der Waals surface area contributed by atoms with Gasteiger partial charge in [0.25, 0.3) is 10.0 Å². The Bertz CT molecular complexity index is 866. The van der Waals surface area contributed by atoms with Gasteiger partial charge in [-0.05, 0) is 53.9 Å². The van der Waals surface area contributed by atoms with Crippen LogP contribution in [0, 0.1) is 0 Å². The summed E-state index contributed by atoms with van der Waals surface area (Å²) in [6.45, 7) is 2.04. The molecule has 0 aliphatic rings. The number of anilines is 1. The molecule has 0 unspecified atom stereocenters. The van der Waals surface area contributed by atoms with Crippen molar-refractivity contribution in [1.82, 2.24) is 4.98 Å². The smallest absolute Gasteiger partial charge is 0.261 e. The van der Waals surface area contributed by atoms with E-state index < -0.39 is 10.0 Å². The van der Waals surface area contributed by atoms with E-state index in [0.717, 1.165) is 23.2 Å². The highest BCUT2D eigenvalue weighted by atomic mass is 32.2. The van der Waals surface area contributed by atoms with E-state index in [0.29, 0.717) is 5.69 Å². The molecule has 0 aliphatic heterocycles. The Morgan fingerprint density at radius 3 is 2.22 bits per heavy atom. The minimum absolute atomic E-state index is 0.267. The Balaban J connectivity index is 1.79. The number of nitrogens with one attached hydrogen (secondary N) is 2. The van der Waals surface area contributed by atoms with Gasteiger partial charge in [-0.1, -0.05) is 31.2 Å². The quantitative estimate of drug-likeness (QED) is 0.743. The molecule has 1 aromatic heterocycles. The standard InChI is InChI=1S/C18H18N2O2S/c1-2-14-5-11-17(12-6-14)23(21,22)20-16-9-7-15(8-10-16)18-4-3-13-19-18/h3-13,19-20H,2H2,1H3. The Kier molecular flexibility index (Phi) is 4.21. The second kappa shape index (κ2) is 6.30. The van der Waals surface area contributed by atoms with Gasteiger partial charge in [0, 0.05) is 17.6 Å². The zero-order valence-corrected chi connectivity index (χ0v) is 13.6. The van der Waals surface area contributed by atoms with E-state index >= 15 is 0 Å². The number of aromatic nitrogens is 1. The molecule has 0 amide bonds. The summed E-state index contributed by atoms with van der Waals surface area (Å²) in [6.07, 6.45) is 2.74. The summed E-state index contributed by atoms with van der Waals surface area (Å²) in [6, 6.07) is 18.1. The molecule has 4 nitrogen and oxygen atoms in total. The Hall–Kier alpha value is -2.53. The van der Waals surface area contributed by atoms with E-state index in [2.05, 4.69) is 9.71 Å². The predicted octanol–water partition coefficient (Wildman–Crippen LogP) is 4.04. The van der Waals surface area contributed by atoms with Gasteiger partial charge in [-0.3, -0.25) is 4.72 Å². The minimum atomic E-state index is -3.56. The van der Waals surface area contributed by atoms with Crippen LogP contribution in [-0.2, 0) is 16.4 Å². The molecule has 2 N–H and O–H groups in total. The molecule has 3 aromatic rings. The van der Waals surface area contributed by atoms with Gasteiger partial charge < -0.3 is 4.98 Å². The van der Waals surface area contributed by atoms with Crippen LogP contribution in [0.5, 0.6) is 0 Å². The summed E-state index contributed by atoms with van der Waals surface area (Å²) in [5.74, 6) is 0. The molecule has 0 saturated heterocycles. The molecule has 0 atom stereocenters. The van der Waals surface area contributed by atoms with Crippen molar-refractivity contribution in [3.05, 3.63) is 72.4 Å². The van der Waals surface area contributed by atoms with E-state index in [1.807, 2.05) is 49.5 Å². The van der Waals surface area contributed by atoms with E-state index in [4.69, 9.17) is 0 Å². The van der Waals surface area contributed by atoms with Crippen LogP contribution < -0.4 is 4.72 Å². The van der Waals surface area contributed by atoms with Gasteiger partial charge in [0.1, 0.15) is 0 Å². The van der Waals surface area contributed by atoms with Crippen LogP contribution in [0.15, 0.2) is 71.8 Å². The number of hydrogen-bond donors (Lipinski definition) is 2. The van der Waals surface area contributed by atoms with E-state index in [1.165, 1.54) is 0 Å². The van der Waals surface area contributed by atoms with Crippen LogP contribution in [0.1, 0.15) is 12.5 Å². The second-order valence-electron chi connectivity index (χ2n) is 5.26. The average molecular weight is 326 g/mol. The number of aryl methyl sites for hydroxylation is 1. The number of sulfonamides is 1. The molecule has 0 fully saturated rings. The van der Waals surface area contributed by atoms with E-state index in [-0.39, 0.29) is 4.90 Å². The normalized spacial score (nSPS) is 11.3. The van der Waals surface area contributed by atoms with Crippen molar-refractivity contribution in [2.45, 2.75) is 18.2 Å². The number of rotatable bonds is 5. The zero-order valence-electron chi connectivity index (χ0n) is 12.8. The van der Waals surface area contributed by atoms with E-state index in [1.54, 1.807) is 24.3 Å². The fraction of sp³-hybridized carbons (Fsp3) is 0.111. The molecule has 0 saturated carbocycles. The fourth-order valence-electron chi connectivity index (χ4n) is 2.35. The molecule has 3 rings (SSSR count). The monoisotopic (exact) mass is 326 g/mol. The van der Waals surface area contributed by atoms with Gasteiger partial charge in [-0.2, -0.15) is 0 Å². The lowest BCUT2D eigenvalue weighted by Crippen LogP contribution is -2.12. The summed E-state index contributed by atoms with van der Waals surface area (Å²) in [4.78, 5) is 3.39. The molecule has 0 aliphatic carbocycles. The topological polar surface area (TPSA) is 62.0 Å². The highest BCUT2D eigenvalue weighted by Crippen LogP contribution is 2.22. The summed E-state index contributed by atoms with van der Waals surface area (Å²) in [5, 5.41) is 0. The number of aromatic amines is 1. The average Bonchev–Trinajstić information content (AvgIpc) is 3.10. The zero-order chi connectivity index (χ0) is 16.3. The van der Waals surface area contributed by atoms with Crippen LogP contribution in [0.2, 0.25) is 0 Å². The fourth-order valence-corrected chi connectivity index (χ4v) is 3.40. The van der Waals surface area contributed by atoms with Gasteiger partial charge >= 0.3 is 0 Å². The third-order valence-electron chi connectivity index (χ3n) is 3.69. The van der Waals surface area contributed by atoms with Crippen molar-refractivity contribution in [3.63, 3.8) is 0 Å². The molecule has 5 heteroatoms. The summed E-state index contributed by atoms with van der Waals surface area (Å²) >= 11 is 0. The molecule has 0 bridgehead atoms. The minimum Gasteiger partial charge on any atom is -0.361 e. The number of hydrogen-bond acceptors (Lipinski definition) is 2. The lowest BCUT2D eigenvalue weighted by atomic mass is 10.1. The van der Waals surface area contributed by atoms with Crippen molar-refractivity contribution in [2.24, 2.45) is 0 Å². The molecule has 23 heavy (non-hydrogen) atoms. The van der Waals surface area contributed by atoms with Gasteiger partial charge in [0.15, 0.2) is 0 Å². The second-order valence-corrected chi connectivity index (χ2v) is 6.95. The molecule has 1 heterocycles. The van der Waals surface area contributed by atoms with Crippen molar-refractivity contribution < 1.29 is 8.42 Å². The highest BCUT2D eigenvalue weighted by Gasteiger charge is 2.13. The molecule has 0 radical (unpaired) electrons. The first-order chi connectivity index (χ1) is 11.1. The first kappa shape index (κ1) is 15.4. The highest BCUT2D eigenvalue weighted by molar-refractivity contribution is 7.92. The Morgan fingerprint density at radius 1 is 0.957 bits per heavy atom. The lowest BCUT2D eigenvalue weighted by molar-refractivity contribution is 0.601. The largest absolute Gasteiger partial charge is 0.361 e. The first-order valence-electron chi connectivity index (χ1n) is 7.44. The van der Waals surface area contributed by atoms with Gasteiger partial charge in [-0.15, -0.1) is 0 Å². The summed E-state index contributed by atoms with van der Waals surface area (Å²) in [7, 11) is -3.56. The van der Waals surface area contributed by atoms with E-state index in [9.17, 15) is 8.42 Å². The Labute approximate surface area is 136 Å². The maximum atomic E-state index is 12.4. The van der Waals surface area contributed by atoms with Crippen molar-refractivity contribution in [1.29, 1.82) is 0 Å². The van der Waals surface area contributed by atoms with Crippen LogP contribution >= 0.6 is 0 Å². The number of H-pyrrole nitrogens is 1. The third kappa shape index (κ3) is 3.46. The molecule has 118 valence electrons. The molecule has 2 aromatic carbocycles. The van der Waals surface area contributed by atoms with Crippen molar-refractivity contribution >= 4 is 15.7 Å². The van der Waals surface area contributed by atoms with Crippen LogP contribution in [-0.4, -0.2) is 13.4 Å². The first-order valence-corrected chi connectivity index (χ1v) is 8.92. The van der Waals surface area contributed by atoms with Gasteiger partial charge in [-0.25, -0.2) is 8.42 Å². The number of benzene rings is 2. The maximum Gasteiger partial charge on any atom is 0.261 e.